The number of hydrogen-bond donors (Lipinski definition) is 3. The number of phenols is 1. The highest BCUT2D eigenvalue weighted by molar-refractivity contribution is 5.60. The first-order valence-corrected chi connectivity index (χ1v) is 3.98. The second-order valence-corrected chi connectivity index (χ2v) is 2.91. The molecule has 72 valence electrons. The minimum absolute atomic E-state index is 0.0255. The van der Waals surface area contributed by atoms with Crippen molar-refractivity contribution >= 4 is 5.69 Å². The van der Waals surface area contributed by atoms with E-state index in [1.165, 1.54) is 7.11 Å². The van der Waals surface area contributed by atoms with E-state index < -0.39 is 0 Å². The Morgan fingerprint density at radius 1 is 1.46 bits per heavy atom. The van der Waals surface area contributed by atoms with Crippen LogP contribution in [0.2, 0.25) is 0 Å². The number of aromatic hydroxyl groups is 1. The van der Waals surface area contributed by atoms with Crippen molar-refractivity contribution in [3.63, 3.8) is 0 Å². The average molecular weight is 182 g/mol. The molecule has 0 saturated carbocycles. The third kappa shape index (κ3) is 1.67. The number of ether oxygens (including phenoxy) is 1. The Kier molecular flexibility index (Phi) is 2.63. The van der Waals surface area contributed by atoms with E-state index >= 15 is 0 Å². The van der Waals surface area contributed by atoms with E-state index in [9.17, 15) is 5.11 Å². The lowest BCUT2D eigenvalue weighted by molar-refractivity contribution is 0.369. The number of methoxy groups -OCH3 is 1. The van der Waals surface area contributed by atoms with Gasteiger partial charge in [0.15, 0.2) is 11.5 Å². The van der Waals surface area contributed by atoms with Gasteiger partial charge in [-0.2, -0.15) is 0 Å². The lowest BCUT2D eigenvalue weighted by Crippen LogP contribution is -2.08. The molecule has 0 unspecified atom stereocenters. The van der Waals surface area contributed by atoms with Gasteiger partial charge in [-0.1, -0.05) is 0 Å². The van der Waals surface area contributed by atoms with Gasteiger partial charge in [0.2, 0.25) is 0 Å². The van der Waals surface area contributed by atoms with Crippen molar-refractivity contribution < 1.29 is 9.84 Å². The summed E-state index contributed by atoms with van der Waals surface area (Å²) in [4.78, 5) is 0. The summed E-state index contributed by atoms with van der Waals surface area (Å²) in [5, 5.41) is 9.66. The minimum atomic E-state index is -0.310. The zero-order valence-electron chi connectivity index (χ0n) is 7.74. The molecule has 1 atom stereocenters. The van der Waals surface area contributed by atoms with Gasteiger partial charge in [0.05, 0.1) is 7.11 Å². The first-order chi connectivity index (χ1) is 6.07. The summed E-state index contributed by atoms with van der Waals surface area (Å²) >= 11 is 0. The molecule has 1 aromatic rings. The van der Waals surface area contributed by atoms with Crippen molar-refractivity contribution in [3.05, 3.63) is 17.7 Å². The van der Waals surface area contributed by atoms with Gasteiger partial charge in [0, 0.05) is 17.3 Å². The van der Waals surface area contributed by atoms with E-state index in [2.05, 4.69) is 0 Å². The van der Waals surface area contributed by atoms with Crippen LogP contribution in [0.15, 0.2) is 12.1 Å². The van der Waals surface area contributed by atoms with Crippen molar-refractivity contribution in [2.75, 3.05) is 12.8 Å². The number of nitrogen functional groups attached to an aromatic ring is 1. The highest BCUT2D eigenvalue weighted by Gasteiger charge is 2.14. The molecule has 0 aliphatic rings. The number of nitrogens with two attached hydrogens (primary N) is 2. The molecule has 4 heteroatoms. The van der Waals surface area contributed by atoms with Crippen LogP contribution in [-0.2, 0) is 0 Å². The number of hydrogen-bond acceptors (Lipinski definition) is 4. The molecule has 0 spiro atoms. The quantitative estimate of drug-likeness (QED) is 0.596. The molecule has 0 heterocycles. The monoisotopic (exact) mass is 182 g/mol. The Morgan fingerprint density at radius 2 is 2.08 bits per heavy atom. The summed E-state index contributed by atoms with van der Waals surface area (Å²) in [5.41, 5.74) is 12.3. The molecular weight excluding hydrogens is 168 g/mol. The minimum Gasteiger partial charge on any atom is -0.504 e. The van der Waals surface area contributed by atoms with Gasteiger partial charge in [-0.05, 0) is 19.1 Å². The van der Waals surface area contributed by atoms with Gasteiger partial charge in [0.25, 0.3) is 0 Å². The molecule has 0 aliphatic carbocycles. The highest BCUT2D eigenvalue weighted by Crippen LogP contribution is 2.36. The largest absolute Gasteiger partial charge is 0.504 e. The van der Waals surface area contributed by atoms with E-state index in [1.807, 2.05) is 0 Å². The van der Waals surface area contributed by atoms with Crippen molar-refractivity contribution in [2.24, 2.45) is 5.73 Å². The van der Waals surface area contributed by atoms with Crippen LogP contribution >= 0.6 is 0 Å². The SMILES string of the molecule is COc1ccc(N)c([C@@H](C)N)c1O. The summed E-state index contributed by atoms with van der Waals surface area (Å²) in [7, 11) is 1.48. The maximum absolute atomic E-state index is 9.66. The lowest BCUT2D eigenvalue weighted by atomic mass is 10.1. The second kappa shape index (κ2) is 3.53. The summed E-state index contributed by atoms with van der Waals surface area (Å²) in [5.74, 6) is 0.416. The van der Waals surface area contributed by atoms with Crippen LogP contribution in [-0.4, -0.2) is 12.2 Å². The predicted octanol–water partition coefficient (Wildman–Crippen LogP) is 1.00. The van der Waals surface area contributed by atoms with Crippen LogP contribution < -0.4 is 16.2 Å². The maximum Gasteiger partial charge on any atom is 0.164 e. The average Bonchev–Trinajstić information content (AvgIpc) is 2.04. The summed E-state index contributed by atoms with van der Waals surface area (Å²) in [6.45, 7) is 1.75. The van der Waals surface area contributed by atoms with Gasteiger partial charge in [-0.3, -0.25) is 0 Å². The maximum atomic E-state index is 9.66. The molecule has 5 N–H and O–H groups in total. The third-order valence-electron chi connectivity index (χ3n) is 1.89. The molecule has 0 amide bonds. The molecule has 0 radical (unpaired) electrons. The topological polar surface area (TPSA) is 81.5 Å². The number of anilines is 1. The summed E-state index contributed by atoms with van der Waals surface area (Å²) in [6.07, 6.45) is 0. The van der Waals surface area contributed by atoms with Crippen LogP contribution in [0.4, 0.5) is 5.69 Å². The van der Waals surface area contributed by atoms with E-state index in [4.69, 9.17) is 16.2 Å². The second-order valence-electron chi connectivity index (χ2n) is 2.91. The van der Waals surface area contributed by atoms with Crippen LogP contribution in [0.1, 0.15) is 18.5 Å². The van der Waals surface area contributed by atoms with E-state index in [0.29, 0.717) is 17.0 Å². The standard InChI is InChI=1S/C9H14N2O2/c1-5(10)8-6(11)3-4-7(13-2)9(8)12/h3-5,12H,10-11H2,1-2H3/t5-/m1/s1. The van der Waals surface area contributed by atoms with Crippen molar-refractivity contribution in [1.82, 2.24) is 0 Å². The van der Waals surface area contributed by atoms with Gasteiger partial charge in [0.1, 0.15) is 0 Å². The fourth-order valence-electron chi connectivity index (χ4n) is 1.25. The Labute approximate surface area is 77.1 Å². The van der Waals surface area contributed by atoms with E-state index in [1.54, 1.807) is 19.1 Å². The molecule has 0 aromatic heterocycles. The van der Waals surface area contributed by atoms with Crippen LogP contribution in [0.25, 0.3) is 0 Å². The molecule has 4 nitrogen and oxygen atoms in total. The Bertz CT molecular complexity index is 311. The first kappa shape index (κ1) is 9.67. The molecule has 0 bridgehead atoms. The van der Waals surface area contributed by atoms with E-state index in [-0.39, 0.29) is 11.8 Å². The molecule has 0 saturated heterocycles. The molecule has 13 heavy (non-hydrogen) atoms. The van der Waals surface area contributed by atoms with Gasteiger partial charge in [-0.15, -0.1) is 0 Å². The van der Waals surface area contributed by atoms with Gasteiger partial charge < -0.3 is 21.3 Å². The first-order valence-electron chi connectivity index (χ1n) is 3.98. The van der Waals surface area contributed by atoms with Crippen molar-refractivity contribution in [2.45, 2.75) is 13.0 Å². The molecule has 0 fully saturated rings. The van der Waals surface area contributed by atoms with E-state index in [0.717, 1.165) is 0 Å². The van der Waals surface area contributed by atoms with Gasteiger partial charge in [-0.25, -0.2) is 0 Å². The zero-order valence-corrected chi connectivity index (χ0v) is 7.74. The van der Waals surface area contributed by atoms with Crippen molar-refractivity contribution in [3.8, 4) is 11.5 Å². The summed E-state index contributed by atoms with van der Waals surface area (Å²) in [6, 6.07) is 2.96. The number of benzene rings is 1. The van der Waals surface area contributed by atoms with Crippen LogP contribution in [0.3, 0.4) is 0 Å². The lowest BCUT2D eigenvalue weighted by Gasteiger charge is -2.13. The highest BCUT2D eigenvalue weighted by atomic mass is 16.5. The Balaban J connectivity index is 3.30. The molecule has 1 aromatic carbocycles. The Morgan fingerprint density at radius 3 is 2.54 bits per heavy atom. The fraction of sp³-hybridized carbons (Fsp3) is 0.333. The summed E-state index contributed by atoms with van der Waals surface area (Å²) < 4.78 is 4.93. The smallest absolute Gasteiger partial charge is 0.164 e. The number of rotatable bonds is 2. The van der Waals surface area contributed by atoms with Gasteiger partial charge >= 0.3 is 0 Å². The fourth-order valence-corrected chi connectivity index (χ4v) is 1.25. The Hall–Kier alpha value is -1.42. The third-order valence-corrected chi connectivity index (χ3v) is 1.89. The van der Waals surface area contributed by atoms with Crippen LogP contribution in [0, 0.1) is 0 Å². The molecular formula is C9H14N2O2. The molecule has 0 aliphatic heterocycles. The zero-order chi connectivity index (χ0) is 10.0. The predicted molar refractivity (Wildman–Crippen MR) is 51.7 cm³/mol. The normalized spacial score (nSPS) is 12.5. The molecule has 1 rings (SSSR count). The van der Waals surface area contributed by atoms with Crippen molar-refractivity contribution in [1.29, 1.82) is 0 Å². The number of phenolic OH excluding ortho intramolecular Hbond substituents is 1. The van der Waals surface area contributed by atoms with Crippen LogP contribution in [0.5, 0.6) is 11.5 Å².